The van der Waals surface area contributed by atoms with Gasteiger partial charge in [-0.05, 0) is 83.5 Å². The third-order valence-electron chi connectivity index (χ3n) is 10.1. The van der Waals surface area contributed by atoms with Crippen LogP contribution in [0, 0.1) is 0 Å². The molecule has 2 unspecified atom stereocenters. The molecular formula is C51H92NO7P. The zero-order valence-corrected chi connectivity index (χ0v) is 39.6. The van der Waals surface area contributed by atoms with E-state index in [4.69, 9.17) is 24.3 Å². The molecule has 0 aromatic heterocycles. The van der Waals surface area contributed by atoms with Gasteiger partial charge in [0.25, 0.3) is 0 Å². The fourth-order valence-electron chi connectivity index (χ4n) is 6.55. The van der Waals surface area contributed by atoms with Crippen LogP contribution < -0.4 is 5.73 Å². The molecule has 0 aromatic carbocycles. The van der Waals surface area contributed by atoms with Gasteiger partial charge in [-0.25, -0.2) is 4.57 Å². The van der Waals surface area contributed by atoms with Gasteiger partial charge in [0, 0.05) is 19.6 Å². The Hall–Kier alpha value is -2.06. The summed E-state index contributed by atoms with van der Waals surface area (Å²) in [7, 11) is -4.29. The van der Waals surface area contributed by atoms with Gasteiger partial charge in [-0.1, -0.05) is 189 Å². The normalized spacial score (nSPS) is 14.0. The number of phosphoric ester groups is 1. The van der Waals surface area contributed by atoms with Gasteiger partial charge in [0.15, 0.2) is 0 Å². The number of carbonyl (C=O) groups is 1. The molecule has 0 aliphatic rings. The average Bonchev–Trinajstić information content (AvgIpc) is 3.24. The summed E-state index contributed by atoms with van der Waals surface area (Å²) in [6, 6.07) is 0. The Balaban J connectivity index is 3.99. The first kappa shape index (κ1) is 57.9. The predicted octanol–water partition coefficient (Wildman–Crippen LogP) is 15.1. The Bertz CT molecular complexity index is 1150. The molecule has 0 aromatic rings. The highest BCUT2D eigenvalue weighted by molar-refractivity contribution is 7.47. The minimum Gasteiger partial charge on any atom is -0.457 e. The van der Waals surface area contributed by atoms with Gasteiger partial charge in [0.2, 0.25) is 0 Å². The van der Waals surface area contributed by atoms with Gasteiger partial charge < -0.3 is 20.1 Å². The monoisotopic (exact) mass is 862 g/mol. The third-order valence-corrected chi connectivity index (χ3v) is 11.1. The van der Waals surface area contributed by atoms with Gasteiger partial charge in [-0.3, -0.25) is 13.8 Å². The van der Waals surface area contributed by atoms with Crippen LogP contribution >= 0.6 is 7.82 Å². The van der Waals surface area contributed by atoms with E-state index in [9.17, 15) is 14.3 Å². The Morgan fingerprint density at radius 1 is 0.517 bits per heavy atom. The van der Waals surface area contributed by atoms with Crippen molar-refractivity contribution >= 4 is 13.8 Å². The fraction of sp³-hybridized carbons (Fsp3) is 0.745. The van der Waals surface area contributed by atoms with E-state index < -0.39 is 13.9 Å². The molecule has 0 saturated heterocycles. The largest absolute Gasteiger partial charge is 0.472 e. The SMILES string of the molecule is CC/C=C\C/C=C\C/C=C\C/C=C\CCCCCCC(=O)OC(COCCCCCCCCCCCCCC/C=C\C/C=C\CCCCCCC)COP(=O)(O)OCCN. The van der Waals surface area contributed by atoms with Crippen molar-refractivity contribution in [3.8, 4) is 0 Å². The first-order valence-corrected chi connectivity index (χ1v) is 25.9. The molecule has 60 heavy (non-hydrogen) atoms. The second-order valence-corrected chi connectivity index (χ2v) is 17.4. The molecule has 0 spiro atoms. The molecule has 348 valence electrons. The van der Waals surface area contributed by atoms with Gasteiger partial charge in [-0.15, -0.1) is 0 Å². The number of ether oxygens (including phenoxy) is 2. The maximum absolute atomic E-state index is 12.6. The van der Waals surface area contributed by atoms with Crippen LogP contribution in [0.4, 0.5) is 0 Å². The van der Waals surface area contributed by atoms with E-state index in [1.54, 1.807) is 0 Å². The molecule has 3 N–H and O–H groups in total. The molecule has 0 bridgehead atoms. The average molecular weight is 862 g/mol. The van der Waals surface area contributed by atoms with Crippen molar-refractivity contribution in [2.45, 2.75) is 213 Å². The maximum atomic E-state index is 12.6. The van der Waals surface area contributed by atoms with Crippen LogP contribution in [0.2, 0.25) is 0 Å². The molecule has 0 aliphatic heterocycles. The molecule has 0 saturated carbocycles. The van der Waals surface area contributed by atoms with Crippen LogP contribution in [0.15, 0.2) is 72.9 Å². The lowest BCUT2D eigenvalue weighted by atomic mass is 10.0. The second kappa shape index (κ2) is 48.0. The Labute approximate surface area is 369 Å². The van der Waals surface area contributed by atoms with Crippen LogP contribution in [-0.2, 0) is 27.9 Å². The number of carbonyl (C=O) groups excluding carboxylic acids is 1. The molecule has 8 nitrogen and oxygen atoms in total. The van der Waals surface area contributed by atoms with Crippen molar-refractivity contribution in [3.05, 3.63) is 72.9 Å². The van der Waals surface area contributed by atoms with E-state index in [1.165, 1.54) is 109 Å². The Kier molecular flexibility index (Phi) is 46.3. The number of nitrogens with two attached hydrogens (primary N) is 1. The number of unbranched alkanes of at least 4 members (excludes halogenated alkanes) is 21. The van der Waals surface area contributed by atoms with Gasteiger partial charge in [0.05, 0.1) is 19.8 Å². The van der Waals surface area contributed by atoms with E-state index in [1.807, 2.05) is 0 Å². The minimum atomic E-state index is -4.29. The lowest BCUT2D eigenvalue weighted by Gasteiger charge is -2.20. The van der Waals surface area contributed by atoms with E-state index >= 15 is 0 Å². The molecule has 0 aliphatic carbocycles. The quantitative estimate of drug-likeness (QED) is 0.0269. The van der Waals surface area contributed by atoms with Crippen molar-refractivity contribution in [2.24, 2.45) is 5.73 Å². The van der Waals surface area contributed by atoms with E-state index in [0.717, 1.165) is 77.0 Å². The zero-order chi connectivity index (χ0) is 43.7. The highest BCUT2D eigenvalue weighted by Crippen LogP contribution is 2.43. The van der Waals surface area contributed by atoms with Gasteiger partial charge >= 0.3 is 13.8 Å². The molecule has 0 fully saturated rings. The summed E-state index contributed by atoms with van der Waals surface area (Å²) >= 11 is 0. The lowest BCUT2D eigenvalue weighted by Crippen LogP contribution is -2.28. The van der Waals surface area contributed by atoms with Crippen molar-refractivity contribution in [3.63, 3.8) is 0 Å². The fourth-order valence-corrected chi connectivity index (χ4v) is 7.31. The molecule has 0 rings (SSSR count). The van der Waals surface area contributed by atoms with Gasteiger partial charge in [-0.2, -0.15) is 0 Å². The highest BCUT2D eigenvalue weighted by Gasteiger charge is 2.25. The molecule has 2 atom stereocenters. The lowest BCUT2D eigenvalue weighted by molar-refractivity contribution is -0.154. The first-order valence-electron chi connectivity index (χ1n) is 24.4. The van der Waals surface area contributed by atoms with Crippen molar-refractivity contribution in [2.75, 3.05) is 33.0 Å². The standard InChI is InChI=1S/C51H92NO7P/c1-3-5-7-9-11-13-15-17-19-21-22-23-24-25-26-27-29-31-33-35-37-39-41-43-46-56-48-50(49-58-60(54,55)57-47-45-52)59-51(53)44-42-40-38-36-34-32-30-28-20-18-16-14-12-10-8-6-4-2/h6,8,12,14-15,17-18,20-22,30,32,50H,3-5,7,9-11,13,16,19,23-29,31,33-49,52H2,1-2H3,(H,54,55)/b8-6-,14-12-,17-15-,20-18-,22-21-,32-30-. The summed E-state index contributed by atoms with van der Waals surface area (Å²) in [5, 5.41) is 0. The Morgan fingerprint density at radius 2 is 0.933 bits per heavy atom. The van der Waals surface area contributed by atoms with Crippen LogP contribution in [0.25, 0.3) is 0 Å². The van der Waals surface area contributed by atoms with Crippen LogP contribution in [0.5, 0.6) is 0 Å². The first-order chi connectivity index (χ1) is 29.4. The van der Waals surface area contributed by atoms with Crippen molar-refractivity contribution in [1.82, 2.24) is 0 Å². The number of allylic oxidation sites excluding steroid dienone is 12. The molecule has 0 amide bonds. The highest BCUT2D eigenvalue weighted by atomic mass is 31.2. The molecular weight excluding hydrogens is 770 g/mol. The summed E-state index contributed by atoms with van der Waals surface area (Å²) in [5.41, 5.74) is 5.38. The second-order valence-electron chi connectivity index (χ2n) is 15.9. The van der Waals surface area contributed by atoms with Crippen LogP contribution in [0.3, 0.4) is 0 Å². The number of esters is 1. The van der Waals surface area contributed by atoms with E-state index in [2.05, 4.69) is 86.8 Å². The summed E-state index contributed by atoms with van der Waals surface area (Å²) in [6.07, 6.45) is 60.8. The summed E-state index contributed by atoms with van der Waals surface area (Å²) in [6.45, 7) is 4.76. The zero-order valence-electron chi connectivity index (χ0n) is 38.7. The van der Waals surface area contributed by atoms with E-state index in [0.29, 0.717) is 6.61 Å². The van der Waals surface area contributed by atoms with Crippen molar-refractivity contribution < 1.29 is 32.8 Å². The van der Waals surface area contributed by atoms with E-state index in [-0.39, 0.29) is 38.8 Å². The number of hydrogen-bond donors (Lipinski definition) is 2. The predicted molar refractivity (Wildman–Crippen MR) is 256 cm³/mol. The van der Waals surface area contributed by atoms with Gasteiger partial charge in [0.1, 0.15) is 6.10 Å². The molecule has 0 heterocycles. The minimum absolute atomic E-state index is 0.0927. The number of phosphoric acid groups is 1. The third kappa shape index (κ3) is 47.0. The van der Waals surface area contributed by atoms with Crippen LogP contribution in [-0.4, -0.2) is 49.9 Å². The maximum Gasteiger partial charge on any atom is 0.472 e. The number of rotatable bonds is 46. The Morgan fingerprint density at radius 3 is 1.40 bits per heavy atom. The topological polar surface area (TPSA) is 117 Å². The summed E-state index contributed by atoms with van der Waals surface area (Å²) in [5.74, 6) is -0.355. The summed E-state index contributed by atoms with van der Waals surface area (Å²) in [4.78, 5) is 22.5. The summed E-state index contributed by atoms with van der Waals surface area (Å²) < 4.78 is 33.5. The molecule has 0 radical (unpaired) electrons. The smallest absolute Gasteiger partial charge is 0.457 e. The number of hydrogen-bond acceptors (Lipinski definition) is 7. The molecule has 9 heteroatoms. The van der Waals surface area contributed by atoms with Crippen LogP contribution in [0.1, 0.15) is 206 Å². The van der Waals surface area contributed by atoms with Crippen molar-refractivity contribution in [1.29, 1.82) is 0 Å².